The van der Waals surface area contributed by atoms with Crippen LogP contribution in [0.25, 0.3) is 10.8 Å². The molecule has 108 valence electrons. The Bertz CT molecular complexity index is 575. The highest BCUT2D eigenvalue weighted by Crippen LogP contribution is 2.30. The molecule has 0 unspecified atom stereocenters. The third kappa shape index (κ3) is 3.31. The van der Waals surface area contributed by atoms with E-state index in [0.717, 1.165) is 25.3 Å². The normalized spacial score (nSPS) is 11.8. The minimum Gasteiger partial charge on any atom is -0.497 e. The summed E-state index contributed by atoms with van der Waals surface area (Å²) < 4.78 is 5.28. The summed E-state index contributed by atoms with van der Waals surface area (Å²) in [5.74, 6) is 0.914. The van der Waals surface area contributed by atoms with Crippen LogP contribution in [0.5, 0.6) is 5.75 Å². The van der Waals surface area contributed by atoms with Crippen molar-refractivity contribution in [1.29, 1.82) is 0 Å². The molecule has 0 heterocycles. The minimum absolute atomic E-state index is 0.191. The third-order valence-electron chi connectivity index (χ3n) is 4.01. The number of rotatable bonds is 6. The molecule has 0 saturated carbocycles. The van der Waals surface area contributed by atoms with Crippen LogP contribution in [0.15, 0.2) is 36.4 Å². The Morgan fingerprint density at radius 1 is 1.05 bits per heavy atom. The van der Waals surface area contributed by atoms with Gasteiger partial charge in [0.2, 0.25) is 0 Å². The minimum atomic E-state index is 0.191. The quantitative estimate of drug-likeness (QED) is 0.798. The molecule has 0 saturated heterocycles. The highest BCUT2D eigenvalue weighted by Gasteiger charge is 2.20. The summed E-state index contributed by atoms with van der Waals surface area (Å²) in [4.78, 5) is 0. The second-order valence-corrected chi connectivity index (χ2v) is 5.92. The van der Waals surface area contributed by atoms with Crippen molar-refractivity contribution >= 4 is 10.8 Å². The largest absolute Gasteiger partial charge is 0.497 e. The van der Waals surface area contributed by atoms with E-state index in [1.807, 2.05) is 6.07 Å². The van der Waals surface area contributed by atoms with E-state index in [2.05, 4.69) is 56.4 Å². The van der Waals surface area contributed by atoms with Gasteiger partial charge in [0.1, 0.15) is 5.75 Å². The van der Waals surface area contributed by atoms with Gasteiger partial charge in [-0.25, -0.2) is 0 Å². The number of hydrogen-bond acceptors (Lipinski definition) is 2. The molecule has 0 radical (unpaired) electrons. The first-order chi connectivity index (χ1) is 9.56. The molecule has 0 bridgehead atoms. The van der Waals surface area contributed by atoms with Gasteiger partial charge in [0, 0.05) is 0 Å². The maximum absolute atomic E-state index is 5.28. The molecule has 0 atom stereocenters. The number of methoxy groups -OCH3 is 1. The van der Waals surface area contributed by atoms with Crippen molar-refractivity contribution in [2.45, 2.75) is 32.6 Å². The van der Waals surface area contributed by atoms with Crippen LogP contribution in [0.4, 0.5) is 0 Å². The van der Waals surface area contributed by atoms with Crippen molar-refractivity contribution < 1.29 is 4.74 Å². The summed E-state index contributed by atoms with van der Waals surface area (Å²) in [6.45, 7) is 8.87. The van der Waals surface area contributed by atoms with E-state index in [4.69, 9.17) is 4.74 Å². The van der Waals surface area contributed by atoms with Gasteiger partial charge in [-0.3, -0.25) is 0 Å². The molecular weight excluding hydrogens is 246 g/mol. The zero-order valence-electron chi connectivity index (χ0n) is 13.0. The Hall–Kier alpha value is -1.54. The van der Waals surface area contributed by atoms with E-state index >= 15 is 0 Å². The number of hydrogen-bond donors (Lipinski definition) is 1. The summed E-state index contributed by atoms with van der Waals surface area (Å²) in [6, 6.07) is 13.0. The fourth-order valence-electron chi connectivity index (χ4n) is 2.49. The average molecular weight is 271 g/mol. The summed E-state index contributed by atoms with van der Waals surface area (Å²) in [6.07, 6.45) is 1.14. The molecular formula is C18H25NO. The van der Waals surface area contributed by atoms with Crippen molar-refractivity contribution in [2.75, 3.05) is 20.2 Å². The van der Waals surface area contributed by atoms with Gasteiger partial charge in [-0.05, 0) is 53.4 Å². The maximum Gasteiger partial charge on any atom is 0.119 e. The monoisotopic (exact) mass is 271 g/mol. The smallest absolute Gasteiger partial charge is 0.119 e. The molecule has 0 fully saturated rings. The number of benzene rings is 2. The molecule has 0 aliphatic heterocycles. The maximum atomic E-state index is 5.28. The summed E-state index contributed by atoms with van der Waals surface area (Å²) in [7, 11) is 1.71. The Labute approximate surface area is 122 Å². The first-order valence-corrected chi connectivity index (χ1v) is 7.36. The van der Waals surface area contributed by atoms with E-state index in [-0.39, 0.29) is 5.41 Å². The molecule has 2 nitrogen and oxygen atoms in total. The first-order valence-electron chi connectivity index (χ1n) is 7.36. The molecule has 0 aromatic heterocycles. The van der Waals surface area contributed by atoms with Crippen molar-refractivity contribution in [3.63, 3.8) is 0 Å². The van der Waals surface area contributed by atoms with Crippen LogP contribution in [0.2, 0.25) is 0 Å². The summed E-state index contributed by atoms with van der Waals surface area (Å²) >= 11 is 0. The standard InChI is InChI=1S/C18H25NO/c1-5-19-11-10-18(2,3)16-8-6-15-13-17(20-4)9-7-14(15)12-16/h6-9,12-13,19H,5,10-11H2,1-4H3. The van der Waals surface area contributed by atoms with Crippen LogP contribution >= 0.6 is 0 Å². The van der Waals surface area contributed by atoms with Gasteiger partial charge in [0.05, 0.1) is 7.11 Å². The number of fused-ring (bicyclic) bond motifs is 1. The van der Waals surface area contributed by atoms with Crippen LogP contribution < -0.4 is 10.1 Å². The van der Waals surface area contributed by atoms with Crippen molar-refractivity contribution in [1.82, 2.24) is 5.32 Å². The Kier molecular flexibility index (Phi) is 4.66. The number of ether oxygens (including phenoxy) is 1. The summed E-state index contributed by atoms with van der Waals surface area (Å²) in [5.41, 5.74) is 1.59. The lowest BCUT2D eigenvalue weighted by Crippen LogP contribution is -2.25. The molecule has 1 N–H and O–H groups in total. The molecule has 0 amide bonds. The molecule has 2 aromatic rings. The molecule has 0 aliphatic rings. The van der Waals surface area contributed by atoms with E-state index in [9.17, 15) is 0 Å². The van der Waals surface area contributed by atoms with E-state index in [1.165, 1.54) is 16.3 Å². The Morgan fingerprint density at radius 2 is 1.75 bits per heavy atom. The molecule has 2 heteroatoms. The Balaban J connectivity index is 2.26. The fourth-order valence-corrected chi connectivity index (χ4v) is 2.49. The fraction of sp³-hybridized carbons (Fsp3) is 0.444. The van der Waals surface area contributed by atoms with Gasteiger partial charge in [-0.1, -0.05) is 45.0 Å². The zero-order chi connectivity index (χ0) is 14.6. The molecule has 2 rings (SSSR count). The number of nitrogens with one attached hydrogen (secondary N) is 1. The van der Waals surface area contributed by atoms with Crippen LogP contribution in [0, 0.1) is 0 Å². The van der Waals surface area contributed by atoms with E-state index in [1.54, 1.807) is 7.11 Å². The van der Waals surface area contributed by atoms with Crippen LogP contribution in [-0.4, -0.2) is 20.2 Å². The van der Waals surface area contributed by atoms with Crippen molar-refractivity contribution in [3.05, 3.63) is 42.0 Å². The van der Waals surface area contributed by atoms with Crippen molar-refractivity contribution in [2.24, 2.45) is 0 Å². The van der Waals surface area contributed by atoms with Crippen LogP contribution in [0.1, 0.15) is 32.8 Å². The summed E-state index contributed by atoms with van der Waals surface area (Å²) in [5, 5.41) is 5.92. The molecule has 0 spiro atoms. The predicted molar refractivity (Wildman–Crippen MR) is 86.7 cm³/mol. The van der Waals surface area contributed by atoms with Crippen LogP contribution in [-0.2, 0) is 5.41 Å². The SMILES string of the molecule is CCNCCC(C)(C)c1ccc2cc(OC)ccc2c1. The molecule has 20 heavy (non-hydrogen) atoms. The van der Waals surface area contributed by atoms with Gasteiger partial charge in [-0.15, -0.1) is 0 Å². The first kappa shape index (κ1) is 14.9. The lowest BCUT2D eigenvalue weighted by molar-refractivity contribution is 0.415. The average Bonchev–Trinajstić information content (AvgIpc) is 2.46. The van der Waals surface area contributed by atoms with Gasteiger partial charge < -0.3 is 10.1 Å². The highest BCUT2D eigenvalue weighted by atomic mass is 16.5. The lowest BCUT2D eigenvalue weighted by atomic mass is 9.81. The van der Waals surface area contributed by atoms with E-state index < -0.39 is 0 Å². The molecule has 2 aromatic carbocycles. The zero-order valence-corrected chi connectivity index (χ0v) is 13.0. The molecule has 0 aliphatic carbocycles. The predicted octanol–water partition coefficient (Wildman–Crippen LogP) is 4.13. The lowest BCUT2D eigenvalue weighted by Gasteiger charge is -2.26. The third-order valence-corrected chi connectivity index (χ3v) is 4.01. The van der Waals surface area contributed by atoms with E-state index in [0.29, 0.717) is 0 Å². The highest BCUT2D eigenvalue weighted by molar-refractivity contribution is 5.84. The van der Waals surface area contributed by atoms with Crippen LogP contribution in [0.3, 0.4) is 0 Å². The van der Waals surface area contributed by atoms with Gasteiger partial charge in [0.15, 0.2) is 0 Å². The second-order valence-electron chi connectivity index (χ2n) is 5.92. The van der Waals surface area contributed by atoms with Gasteiger partial charge >= 0.3 is 0 Å². The van der Waals surface area contributed by atoms with Gasteiger partial charge in [-0.2, -0.15) is 0 Å². The topological polar surface area (TPSA) is 21.3 Å². The van der Waals surface area contributed by atoms with Crippen molar-refractivity contribution in [3.8, 4) is 5.75 Å². The van der Waals surface area contributed by atoms with Gasteiger partial charge in [0.25, 0.3) is 0 Å². The Morgan fingerprint density at radius 3 is 2.45 bits per heavy atom. The second kappa shape index (κ2) is 6.27.